The zero-order valence-corrected chi connectivity index (χ0v) is 8.37. The van der Waals surface area contributed by atoms with E-state index in [2.05, 4.69) is 25.1 Å². The molecule has 1 nitrogen and oxygen atoms in total. The van der Waals surface area contributed by atoms with E-state index in [9.17, 15) is 4.79 Å². The molecule has 0 aromatic heterocycles. The molecule has 1 heteroatoms. The molecule has 0 fully saturated rings. The number of fused-ring (bicyclic) bond motifs is 1. The first-order valence-corrected chi connectivity index (χ1v) is 4.67. The summed E-state index contributed by atoms with van der Waals surface area (Å²) in [6, 6.07) is 10.1. The summed E-state index contributed by atoms with van der Waals surface area (Å²) in [5, 5.41) is 2.22. The van der Waals surface area contributed by atoms with Crippen molar-refractivity contribution in [2.45, 2.75) is 13.8 Å². The van der Waals surface area contributed by atoms with Crippen LogP contribution in [-0.2, 0) is 0 Å². The normalized spacial score (nSPS) is 10.4. The van der Waals surface area contributed by atoms with Gasteiger partial charge in [-0.1, -0.05) is 35.9 Å². The quantitative estimate of drug-likeness (QED) is 0.622. The first-order valence-electron chi connectivity index (χ1n) is 4.67. The van der Waals surface area contributed by atoms with Crippen molar-refractivity contribution in [1.29, 1.82) is 0 Å². The maximum Gasteiger partial charge on any atom is 0.150 e. The van der Waals surface area contributed by atoms with Crippen LogP contribution in [0.4, 0.5) is 0 Å². The van der Waals surface area contributed by atoms with Crippen LogP contribution in [0, 0.1) is 13.8 Å². The van der Waals surface area contributed by atoms with E-state index < -0.39 is 0 Å². The molecule has 14 heavy (non-hydrogen) atoms. The van der Waals surface area contributed by atoms with Crippen LogP contribution in [-0.4, -0.2) is 6.29 Å². The van der Waals surface area contributed by atoms with Crippen molar-refractivity contribution in [2.75, 3.05) is 0 Å². The minimum absolute atomic E-state index is 0.773. The van der Waals surface area contributed by atoms with Gasteiger partial charge in [0.25, 0.3) is 0 Å². The highest BCUT2D eigenvalue weighted by molar-refractivity contribution is 5.99. The van der Waals surface area contributed by atoms with Gasteiger partial charge in [0.2, 0.25) is 0 Å². The van der Waals surface area contributed by atoms with Gasteiger partial charge < -0.3 is 0 Å². The molecule has 0 aliphatic heterocycles. The zero-order chi connectivity index (χ0) is 10.1. The number of aldehydes is 1. The highest BCUT2D eigenvalue weighted by Gasteiger charge is 2.02. The molecular weight excluding hydrogens is 172 g/mol. The maximum absolute atomic E-state index is 10.8. The fourth-order valence-electron chi connectivity index (χ4n) is 1.74. The van der Waals surface area contributed by atoms with Crippen molar-refractivity contribution >= 4 is 17.1 Å². The van der Waals surface area contributed by atoms with Crippen molar-refractivity contribution in [1.82, 2.24) is 0 Å². The Hall–Kier alpha value is -1.63. The monoisotopic (exact) mass is 184 g/mol. The molecule has 0 bridgehead atoms. The Morgan fingerprint density at radius 2 is 1.79 bits per heavy atom. The Kier molecular flexibility index (Phi) is 2.08. The van der Waals surface area contributed by atoms with Gasteiger partial charge in [0.15, 0.2) is 6.29 Å². The summed E-state index contributed by atoms with van der Waals surface area (Å²) in [7, 11) is 0. The molecule has 0 N–H and O–H groups in total. The molecule has 70 valence electrons. The maximum atomic E-state index is 10.8. The SMILES string of the molecule is Cc1ccc2c(C)ccc(C=O)c2c1. The Morgan fingerprint density at radius 3 is 2.50 bits per heavy atom. The first kappa shape index (κ1) is 8.95. The number of benzene rings is 2. The van der Waals surface area contributed by atoms with Gasteiger partial charge in [-0.25, -0.2) is 0 Å². The molecule has 2 rings (SSSR count). The third-order valence-electron chi connectivity index (χ3n) is 2.55. The average Bonchev–Trinajstić information content (AvgIpc) is 2.18. The minimum atomic E-state index is 0.773. The summed E-state index contributed by atoms with van der Waals surface area (Å²) in [6.45, 7) is 4.10. The first-order chi connectivity index (χ1) is 6.72. The molecule has 0 saturated heterocycles. The average molecular weight is 184 g/mol. The minimum Gasteiger partial charge on any atom is -0.298 e. The zero-order valence-electron chi connectivity index (χ0n) is 8.37. The van der Waals surface area contributed by atoms with Gasteiger partial charge in [0, 0.05) is 5.56 Å². The summed E-state index contributed by atoms with van der Waals surface area (Å²) < 4.78 is 0. The highest BCUT2D eigenvalue weighted by Crippen LogP contribution is 2.22. The lowest BCUT2D eigenvalue weighted by molar-refractivity contribution is 0.112. The fraction of sp³-hybridized carbons (Fsp3) is 0.154. The van der Waals surface area contributed by atoms with Crippen LogP contribution in [0.15, 0.2) is 30.3 Å². The van der Waals surface area contributed by atoms with Gasteiger partial charge in [0.05, 0.1) is 0 Å². The van der Waals surface area contributed by atoms with E-state index in [0.717, 1.165) is 17.2 Å². The largest absolute Gasteiger partial charge is 0.298 e. The Bertz CT molecular complexity index is 498. The fourth-order valence-corrected chi connectivity index (χ4v) is 1.74. The van der Waals surface area contributed by atoms with E-state index in [-0.39, 0.29) is 0 Å². The molecule has 0 saturated carbocycles. The van der Waals surface area contributed by atoms with Crippen molar-refractivity contribution < 1.29 is 4.79 Å². The second-order valence-corrected chi connectivity index (χ2v) is 3.64. The Balaban J connectivity index is 2.92. The summed E-state index contributed by atoms with van der Waals surface area (Å²) in [4.78, 5) is 10.8. The molecule has 0 atom stereocenters. The summed E-state index contributed by atoms with van der Waals surface area (Å²) >= 11 is 0. The van der Waals surface area contributed by atoms with Crippen LogP contribution in [0.1, 0.15) is 21.5 Å². The summed E-state index contributed by atoms with van der Waals surface area (Å²) in [5.41, 5.74) is 3.17. The number of aryl methyl sites for hydroxylation is 2. The predicted octanol–water partition coefficient (Wildman–Crippen LogP) is 3.27. The molecule has 0 radical (unpaired) electrons. The van der Waals surface area contributed by atoms with Crippen LogP contribution < -0.4 is 0 Å². The van der Waals surface area contributed by atoms with Gasteiger partial charge in [-0.05, 0) is 30.2 Å². The van der Waals surface area contributed by atoms with Crippen LogP contribution in [0.3, 0.4) is 0 Å². The van der Waals surface area contributed by atoms with Crippen LogP contribution in [0.2, 0.25) is 0 Å². The molecule has 0 heterocycles. The van der Waals surface area contributed by atoms with Crippen molar-refractivity contribution in [3.63, 3.8) is 0 Å². The van der Waals surface area contributed by atoms with Gasteiger partial charge in [-0.3, -0.25) is 4.79 Å². The standard InChI is InChI=1S/C13H12O/c1-9-3-6-12-10(2)4-5-11(8-14)13(12)7-9/h3-8H,1-2H3. The highest BCUT2D eigenvalue weighted by atomic mass is 16.1. The van der Waals surface area contributed by atoms with E-state index in [1.165, 1.54) is 16.5 Å². The van der Waals surface area contributed by atoms with E-state index >= 15 is 0 Å². The molecule has 0 aliphatic carbocycles. The van der Waals surface area contributed by atoms with Crippen LogP contribution in [0.5, 0.6) is 0 Å². The molecule has 0 aliphatic rings. The Labute approximate surface area is 83.4 Å². The number of carbonyl (C=O) groups excluding carboxylic acids is 1. The van der Waals surface area contributed by atoms with E-state index in [0.29, 0.717) is 0 Å². The van der Waals surface area contributed by atoms with Crippen molar-refractivity contribution in [3.8, 4) is 0 Å². The van der Waals surface area contributed by atoms with Gasteiger partial charge in [0.1, 0.15) is 0 Å². The molecule has 2 aromatic carbocycles. The third kappa shape index (κ3) is 1.31. The number of hydrogen-bond acceptors (Lipinski definition) is 1. The topological polar surface area (TPSA) is 17.1 Å². The lowest BCUT2D eigenvalue weighted by atomic mass is 9.99. The van der Waals surface area contributed by atoms with E-state index in [1.807, 2.05) is 19.1 Å². The summed E-state index contributed by atoms with van der Waals surface area (Å²) in [5.74, 6) is 0. The Morgan fingerprint density at radius 1 is 1.00 bits per heavy atom. The van der Waals surface area contributed by atoms with Gasteiger partial charge in [-0.15, -0.1) is 0 Å². The molecular formula is C13H12O. The molecule has 0 spiro atoms. The molecule has 0 unspecified atom stereocenters. The number of hydrogen-bond donors (Lipinski definition) is 0. The van der Waals surface area contributed by atoms with Crippen LogP contribution >= 0.6 is 0 Å². The second-order valence-electron chi connectivity index (χ2n) is 3.64. The van der Waals surface area contributed by atoms with Crippen LogP contribution in [0.25, 0.3) is 10.8 Å². The van der Waals surface area contributed by atoms with E-state index in [4.69, 9.17) is 0 Å². The lowest BCUT2D eigenvalue weighted by Gasteiger charge is -2.05. The molecule has 2 aromatic rings. The smallest absolute Gasteiger partial charge is 0.150 e. The van der Waals surface area contributed by atoms with Crippen molar-refractivity contribution in [2.24, 2.45) is 0 Å². The lowest BCUT2D eigenvalue weighted by Crippen LogP contribution is -1.87. The third-order valence-corrected chi connectivity index (χ3v) is 2.55. The van der Waals surface area contributed by atoms with Crippen molar-refractivity contribution in [3.05, 3.63) is 47.0 Å². The number of rotatable bonds is 1. The molecule has 0 amide bonds. The second kappa shape index (κ2) is 3.26. The van der Waals surface area contributed by atoms with Gasteiger partial charge in [-0.2, -0.15) is 0 Å². The summed E-state index contributed by atoms with van der Waals surface area (Å²) in [6.07, 6.45) is 0.918. The van der Waals surface area contributed by atoms with Gasteiger partial charge >= 0.3 is 0 Å². The van der Waals surface area contributed by atoms with E-state index in [1.54, 1.807) is 0 Å². The number of carbonyl (C=O) groups is 1. The predicted molar refractivity (Wildman–Crippen MR) is 58.8 cm³/mol.